The van der Waals surface area contributed by atoms with E-state index in [1.165, 1.54) is 66.0 Å². The average Bonchev–Trinajstić information content (AvgIpc) is 2.97. The first-order chi connectivity index (χ1) is 21.4. The topological polar surface area (TPSA) is 116 Å². The Morgan fingerprint density at radius 3 is 2.39 bits per heavy atom. The van der Waals surface area contributed by atoms with Gasteiger partial charge in [0.15, 0.2) is 5.71 Å². The maximum absolute atomic E-state index is 12.8. The van der Waals surface area contributed by atoms with Crippen molar-refractivity contribution in [3.63, 3.8) is 0 Å². The quantitative estimate of drug-likeness (QED) is 0.239. The van der Waals surface area contributed by atoms with Crippen LogP contribution in [-0.2, 0) is 0 Å². The molecule has 1 spiro atoms. The third-order valence-corrected chi connectivity index (χ3v) is 15.6. The minimum absolute atomic E-state index is 0.00290. The Hall–Kier alpha value is -3.95. The predicted octanol–water partition coefficient (Wildman–Crippen LogP) is 3.30. The van der Waals surface area contributed by atoms with E-state index in [-0.39, 0.29) is 23.4 Å². The maximum atomic E-state index is 12.8. The lowest BCUT2D eigenvalue weighted by Gasteiger charge is -2.45. The number of nitrogens with zero attached hydrogens (tertiary/aromatic N) is 2. The molecule has 0 atom stereocenters. The van der Waals surface area contributed by atoms with Crippen molar-refractivity contribution in [2.24, 2.45) is 0 Å². The molecule has 0 aromatic heterocycles. The molecule has 7 rings (SSSR count). The zero-order valence-electron chi connectivity index (χ0n) is 25.0. The number of allylic oxidation sites excluding steroid dienone is 5. The molecular weight excluding hydrogens is 570 g/mol. The first kappa shape index (κ1) is 28.8. The Bertz CT molecular complexity index is 1670. The van der Waals surface area contributed by atoms with E-state index in [4.69, 9.17) is 0 Å². The number of hydrogen-bond donors (Lipinski definition) is 3. The molecule has 228 valence electrons. The number of carboxylic acid groups (broad SMARTS) is 2. The van der Waals surface area contributed by atoms with Crippen LogP contribution in [0.2, 0.25) is 12.1 Å². The van der Waals surface area contributed by atoms with Crippen LogP contribution >= 0.6 is 0 Å². The van der Waals surface area contributed by atoms with Gasteiger partial charge in [0.25, 0.3) is 0 Å². The fourth-order valence-electron chi connectivity index (χ4n) is 7.71. The molecule has 3 fully saturated rings. The lowest BCUT2D eigenvalue weighted by Crippen LogP contribution is -2.56. The van der Waals surface area contributed by atoms with Gasteiger partial charge in [0, 0.05) is 55.3 Å². The molecule has 1 aliphatic carbocycles. The largest absolute Gasteiger partial charge is 0.545 e. The lowest BCUT2D eigenvalue weighted by molar-refractivity contribution is -0.582. The highest BCUT2D eigenvalue weighted by atomic mass is 28.3. The Morgan fingerprint density at radius 1 is 0.955 bits per heavy atom. The first-order valence-corrected chi connectivity index (χ1v) is 18.5. The molecule has 2 aromatic carbocycles. The Morgan fingerprint density at radius 2 is 1.75 bits per heavy atom. The van der Waals surface area contributed by atoms with Crippen LogP contribution < -0.4 is 20.5 Å². The van der Waals surface area contributed by atoms with E-state index >= 15 is 0 Å². The Balaban J connectivity index is 1.51. The van der Waals surface area contributed by atoms with Crippen molar-refractivity contribution < 1.29 is 29.5 Å². The van der Waals surface area contributed by atoms with E-state index in [0.717, 1.165) is 55.0 Å². The van der Waals surface area contributed by atoms with E-state index in [1.807, 2.05) is 0 Å². The lowest BCUT2D eigenvalue weighted by atomic mass is 9.85. The number of nitrogens with one attached hydrogen (secondary N) is 1. The van der Waals surface area contributed by atoms with Crippen molar-refractivity contribution >= 4 is 47.9 Å². The molecule has 0 saturated carbocycles. The molecule has 3 N–H and O–H groups in total. The summed E-state index contributed by atoms with van der Waals surface area (Å²) in [5.74, 6) is -2.48. The van der Waals surface area contributed by atoms with Crippen molar-refractivity contribution in [2.45, 2.75) is 50.6 Å². The van der Waals surface area contributed by atoms with Crippen LogP contribution in [0.4, 0.5) is 11.4 Å². The molecule has 3 saturated heterocycles. The van der Waals surface area contributed by atoms with Gasteiger partial charge in [-0.25, -0.2) is 9.37 Å². The van der Waals surface area contributed by atoms with Crippen LogP contribution in [-0.4, -0.2) is 79.8 Å². The zero-order valence-corrected chi connectivity index (χ0v) is 26.0. The van der Waals surface area contributed by atoms with Gasteiger partial charge in [-0.3, -0.25) is 0 Å². The summed E-state index contributed by atoms with van der Waals surface area (Å²) in [4.78, 5) is 27.8. The van der Waals surface area contributed by atoms with Gasteiger partial charge in [-0.2, -0.15) is 0 Å². The third kappa shape index (κ3) is 4.73. The number of carbonyl (C=O) groups is 2. The van der Waals surface area contributed by atoms with Crippen molar-refractivity contribution in [3.05, 3.63) is 81.6 Å². The fourth-order valence-corrected chi connectivity index (χ4v) is 13.3. The normalized spacial score (nSPS) is 20.0. The molecule has 4 heterocycles. The van der Waals surface area contributed by atoms with Gasteiger partial charge < -0.3 is 30.3 Å². The van der Waals surface area contributed by atoms with Crippen molar-refractivity contribution in [1.82, 2.24) is 0 Å². The molecule has 5 aliphatic rings. The van der Waals surface area contributed by atoms with Crippen molar-refractivity contribution in [3.8, 4) is 0 Å². The number of aliphatic hydroxyl groups is 1. The van der Waals surface area contributed by atoms with Crippen LogP contribution in [0.25, 0.3) is 5.57 Å². The third-order valence-electron chi connectivity index (χ3n) is 10.3. The van der Waals surface area contributed by atoms with Crippen LogP contribution in [0.1, 0.15) is 70.4 Å². The summed E-state index contributed by atoms with van der Waals surface area (Å²) in [6.45, 7) is 4.43. The number of anilines is 2. The number of carbonyl (C=O) groups excluding carboxylic acids is 1. The molecule has 2 aromatic rings. The Labute approximate surface area is 258 Å². The van der Waals surface area contributed by atoms with Crippen molar-refractivity contribution in [2.75, 3.05) is 49.5 Å². The van der Waals surface area contributed by atoms with Gasteiger partial charge in [-0.1, -0.05) is 25.3 Å². The van der Waals surface area contributed by atoms with Gasteiger partial charge in [-0.05, 0) is 87.9 Å². The average molecular weight is 610 g/mol. The zero-order chi connectivity index (χ0) is 30.4. The number of rotatable bonds is 8. The second-order valence-corrected chi connectivity index (χ2v) is 16.9. The van der Waals surface area contributed by atoms with Gasteiger partial charge in [-0.15, -0.1) is 0 Å². The molecule has 9 heteroatoms. The summed E-state index contributed by atoms with van der Waals surface area (Å²) in [6, 6.07) is 12.0. The van der Waals surface area contributed by atoms with Gasteiger partial charge in [0.2, 0.25) is 0 Å². The molecular formula is C35H39N3O5Si. The molecule has 8 nitrogen and oxygen atoms in total. The fraction of sp³-hybridized carbons (Fsp3) is 0.400. The number of aromatic carboxylic acids is 2. The van der Waals surface area contributed by atoms with E-state index in [9.17, 15) is 24.9 Å². The molecule has 0 bridgehead atoms. The summed E-state index contributed by atoms with van der Waals surface area (Å²) in [7, 11) is -2.22. The Kier molecular flexibility index (Phi) is 7.54. The number of carboxylic acids is 2. The van der Waals surface area contributed by atoms with E-state index in [2.05, 4.69) is 51.2 Å². The number of benzene rings is 2. The SMILES string of the molecule is O=C(O)c1cc(C2=C3C=CC(=[N+]4CCC4)C=C3[Si]3(CCCCC3)c3cc(N4CCC4)ccc32)c(C(=O)[O-])cc1NCCCO. The second-order valence-electron chi connectivity index (χ2n) is 12.7. The van der Waals surface area contributed by atoms with Crippen LogP contribution in [0.15, 0.2) is 59.3 Å². The van der Waals surface area contributed by atoms with Crippen molar-refractivity contribution in [1.29, 1.82) is 0 Å². The maximum Gasteiger partial charge on any atom is 0.337 e. The highest BCUT2D eigenvalue weighted by Crippen LogP contribution is 2.48. The summed E-state index contributed by atoms with van der Waals surface area (Å²) in [5, 5.41) is 38.0. The molecule has 44 heavy (non-hydrogen) atoms. The molecule has 0 unspecified atom stereocenters. The van der Waals surface area contributed by atoms with Crippen LogP contribution in [0.3, 0.4) is 0 Å². The minimum atomic E-state index is -2.22. The predicted molar refractivity (Wildman–Crippen MR) is 173 cm³/mol. The summed E-state index contributed by atoms with van der Waals surface area (Å²) < 4.78 is 2.42. The number of aliphatic hydroxyl groups excluding tert-OH is 1. The van der Waals surface area contributed by atoms with Gasteiger partial charge >= 0.3 is 5.97 Å². The standard InChI is InChI=1S/C35H39N3O5Si/c39-16-4-11-36-30-22-28(34(40)41)27(21-29(30)35(42)43)33-25-9-7-23(37-12-5-13-37)19-31(25)44(17-2-1-3-18-44)32-20-24(8-10-26(32)33)38-14-6-15-38/h7-10,19-22,39H,1-6,11-18H2,(H2,40,41,42,43). The van der Waals surface area contributed by atoms with E-state index in [0.29, 0.717) is 18.5 Å². The van der Waals surface area contributed by atoms with Gasteiger partial charge in [0.05, 0.1) is 18.0 Å². The monoisotopic (exact) mass is 609 g/mol. The van der Waals surface area contributed by atoms with E-state index in [1.54, 1.807) is 0 Å². The summed E-state index contributed by atoms with van der Waals surface area (Å²) in [5.41, 5.74) is 5.87. The minimum Gasteiger partial charge on any atom is -0.545 e. The van der Waals surface area contributed by atoms with Crippen LogP contribution in [0.5, 0.6) is 0 Å². The highest BCUT2D eigenvalue weighted by Gasteiger charge is 2.48. The first-order valence-electron chi connectivity index (χ1n) is 16.1. The van der Waals surface area contributed by atoms with E-state index < -0.39 is 20.0 Å². The molecule has 0 amide bonds. The highest BCUT2D eigenvalue weighted by molar-refractivity contribution is 7.00. The smallest absolute Gasteiger partial charge is 0.337 e. The molecule has 0 radical (unpaired) electrons. The summed E-state index contributed by atoms with van der Waals surface area (Å²) in [6.07, 6.45) is 13.1. The second kappa shape index (κ2) is 11.5. The van der Waals surface area contributed by atoms with Gasteiger partial charge in [0.1, 0.15) is 21.2 Å². The van der Waals surface area contributed by atoms with Crippen LogP contribution in [0, 0.1) is 0 Å². The summed E-state index contributed by atoms with van der Waals surface area (Å²) >= 11 is 0. The number of fused-ring (bicyclic) bond motifs is 4. The molecule has 4 aliphatic heterocycles. The number of hydrogen-bond acceptors (Lipinski definition) is 6.